The van der Waals surface area contributed by atoms with Gasteiger partial charge in [0.05, 0.1) is 39.8 Å². The van der Waals surface area contributed by atoms with E-state index in [1.165, 1.54) is 23.6 Å². The lowest BCUT2D eigenvalue weighted by atomic mass is 9.91. The molecule has 0 saturated carbocycles. The normalized spacial score (nSPS) is 17.4. The number of nitrogens with zero attached hydrogens (tertiary/aromatic N) is 1. The van der Waals surface area contributed by atoms with Crippen molar-refractivity contribution in [3.8, 4) is 22.6 Å². The highest BCUT2D eigenvalue weighted by molar-refractivity contribution is 7.85. The van der Waals surface area contributed by atoms with E-state index in [2.05, 4.69) is 5.32 Å². The van der Waals surface area contributed by atoms with Gasteiger partial charge in [-0.25, -0.2) is 8.78 Å². The van der Waals surface area contributed by atoms with Crippen LogP contribution >= 0.6 is 0 Å². The van der Waals surface area contributed by atoms with Crippen LogP contribution < -0.4 is 25.5 Å². The van der Waals surface area contributed by atoms with Gasteiger partial charge in [-0.1, -0.05) is 36.4 Å². The first-order valence-electron chi connectivity index (χ1n) is 15.0. The van der Waals surface area contributed by atoms with E-state index < -0.39 is 69.8 Å². The van der Waals surface area contributed by atoms with Gasteiger partial charge < -0.3 is 24.7 Å². The van der Waals surface area contributed by atoms with E-state index >= 15 is 8.78 Å². The third-order valence-electron chi connectivity index (χ3n) is 8.60. The number of alkyl halides is 3. The smallest absolute Gasteiger partial charge is 0.416 e. The van der Waals surface area contributed by atoms with Crippen LogP contribution in [0.25, 0.3) is 11.1 Å². The van der Waals surface area contributed by atoms with Gasteiger partial charge in [-0.15, -0.1) is 0 Å². The fourth-order valence-electron chi connectivity index (χ4n) is 6.40. The highest BCUT2D eigenvalue weighted by atomic mass is 32.2. The van der Waals surface area contributed by atoms with Gasteiger partial charge >= 0.3 is 6.18 Å². The molecule has 2 aliphatic rings. The predicted molar refractivity (Wildman–Crippen MR) is 163 cm³/mol. The quantitative estimate of drug-likeness (QED) is 0.185. The molecule has 2 aliphatic heterocycles. The molecular formula is C34H28F5N2O6S-. The second kappa shape index (κ2) is 13.2. The predicted octanol–water partition coefficient (Wildman–Crippen LogP) is 4.96. The summed E-state index contributed by atoms with van der Waals surface area (Å²) in [5.41, 5.74) is -2.48. The lowest BCUT2D eigenvalue weighted by molar-refractivity contribution is -0.305. The minimum atomic E-state index is -4.93. The maximum atomic E-state index is 16.0. The number of carboxylic acids is 1. The van der Waals surface area contributed by atoms with Crippen LogP contribution in [0.5, 0.6) is 11.5 Å². The second-order valence-corrected chi connectivity index (χ2v) is 12.9. The monoisotopic (exact) mass is 687 g/mol. The minimum Gasteiger partial charge on any atom is -0.550 e. The molecule has 252 valence electrons. The van der Waals surface area contributed by atoms with Gasteiger partial charge in [0.1, 0.15) is 10.8 Å². The number of halogens is 5. The van der Waals surface area contributed by atoms with Gasteiger partial charge in [0.25, 0.3) is 5.56 Å². The summed E-state index contributed by atoms with van der Waals surface area (Å²) in [6, 6.07) is 12.4. The molecule has 8 nitrogen and oxygen atoms in total. The Morgan fingerprint density at radius 3 is 2.52 bits per heavy atom. The fourth-order valence-corrected chi connectivity index (χ4v) is 8.14. The highest BCUT2D eigenvalue weighted by Gasteiger charge is 2.41. The van der Waals surface area contributed by atoms with Crippen LogP contribution in [-0.4, -0.2) is 33.8 Å². The molecule has 0 saturated heterocycles. The van der Waals surface area contributed by atoms with E-state index in [0.29, 0.717) is 5.56 Å². The van der Waals surface area contributed by atoms with Crippen molar-refractivity contribution in [3.05, 3.63) is 110 Å². The molecule has 0 fully saturated rings. The molecule has 4 aromatic rings. The Hall–Kier alpha value is -4.56. The van der Waals surface area contributed by atoms with Crippen LogP contribution in [0.4, 0.5) is 22.0 Å². The number of hydrogen-bond donors (Lipinski definition) is 1. The molecular weight excluding hydrogens is 659 g/mol. The first kappa shape index (κ1) is 33.3. The first-order chi connectivity index (χ1) is 22.9. The van der Waals surface area contributed by atoms with E-state index in [1.54, 1.807) is 30.3 Å². The second-order valence-electron chi connectivity index (χ2n) is 11.5. The Bertz CT molecular complexity index is 1980. The summed E-state index contributed by atoms with van der Waals surface area (Å²) in [5, 5.41) is 14.2. The Morgan fingerprint density at radius 1 is 1.06 bits per heavy atom. The molecule has 0 radical (unpaired) electrons. The number of rotatable bonds is 10. The Labute approximate surface area is 273 Å². The summed E-state index contributed by atoms with van der Waals surface area (Å²) in [6.45, 7) is 1.30. The Balaban J connectivity index is 1.60. The lowest BCUT2D eigenvalue weighted by Crippen LogP contribution is -2.37. The third-order valence-corrected chi connectivity index (χ3v) is 10.1. The van der Waals surface area contributed by atoms with Gasteiger partial charge in [-0.2, -0.15) is 13.2 Å². The number of aromatic nitrogens is 1. The van der Waals surface area contributed by atoms with Crippen LogP contribution in [-0.2, 0) is 28.2 Å². The van der Waals surface area contributed by atoms with Crippen molar-refractivity contribution in [2.24, 2.45) is 0 Å². The van der Waals surface area contributed by atoms with E-state index in [-0.39, 0.29) is 70.7 Å². The molecule has 3 unspecified atom stereocenters. The molecule has 14 heteroatoms. The minimum absolute atomic E-state index is 0.0122. The van der Waals surface area contributed by atoms with E-state index in [9.17, 15) is 32.1 Å². The molecule has 0 bridgehead atoms. The van der Waals surface area contributed by atoms with Gasteiger partial charge in [0.15, 0.2) is 11.6 Å². The van der Waals surface area contributed by atoms with Crippen LogP contribution in [0.3, 0.4) is 0 Å². The van der Waals surface area contributed by atoms with Gasteiger partial charge in [0.2, 0.25) is 12.5 Å². The summed E-state index contributed by atoms with van der Waals surface area (Å²) in [6.07, 6.45) is -5.70. The molecule has 3 heterocycles. The maximum Gasteiger partial charge on any atom is 0.416 e. The number of ether oxygens (including phenoxy) is 2. The van der Waals surface area contributed by atoms with E-state index in [1.807, 2.05) is 0 Å². The average Bonchev–Trinajstić information content (AvgIpc) is 3.66. The summed E-state index contributed by atoms with van der Waals surface area (Å²) in [7, 11) is -1.97. The van der Waals surface area contributed by atoms with E-state index in [4.69, 9.17) is 9.47 Å². The largest absolute Gasteiger partial charge is 0.550 e. The molecule has 3 aromatic carbocycles. The zero-order valence-corrected chi connectivity index (χ0v) is 26.2. The van der Waals surface area contributed by atoms with Crippen molar-refractivity contribution in [3.63, 3.8) is 0 Å². The third kappa shape index (κ3) is 6.10. The zero-order valence-electron chi connectivity index (χ0n) is 25.4. The van der Waals surface area contributed by atoms with Gasteiger partial charge in [-0.3, -0.25) is 13.6 Å². The number of carboxylic acid groups (broad SMARTS) is 1. The van der Waals surface area contributed by atoms with Crippen LogP contribution in [0.2, 0.25) is 0 Å². The number of carbonyl (C=O) groups excluding carboxylic acids is 1. The molecule has 1 N–H and O–H groups in total. The van der Waals surface area contributed by atoms with E-state index in [0.717, 1.165) is 18.2 Å². The molecule has 0 spiro atoms. The zero-order chi connectivity index (χ0) is 34.3. The van der Waals surface area contributed by atoms with Crippen molar-refractivity contribution in [2.75, 3.05) is 19.1 Å². The van der Waals surface area contributed by atoms with Gasteiger partial charge in [-0.05, 0) is 67.3 Å². The number of fused-ring (bicyclic) bond motifs is 2. The summed E-state index contributed by atoms with van der Waals surface area (Å²) >= 11 is 0. The molecule has 3 atom stereocenters. The lowest BCUT2D eigenvalue weighted by Gasteiger charge is -2.28. The topological polar surface area (TPSA) is 110 Å². The maximum absolute atomic E-state index is 16.0. The molecule has 48 heavy (non-hydrogen) atoms. The summed E-state index contributed by atoms with van der Waals surface area (Å²) in [5.74, 6) is -3.65. The number of pyridine rings is 1. The number of benzene rings is 3. The molecule has 0 aliphatic carbocycles. The van der Waals surface area contributed by atoms with Crippen LogP contribution in [0, 0.1) is 18.6 Å². The molecule has 1 aromatic heterocycles. The van der Waals surface area contributed by atoms with Gasteiger partial charge in [0, 0.05) is 23.5 Å². The Kier molecular flexibility index (Phi) is 9.14. The van der Waals surface area contributed by atoms with Crippen molar-refractivity contribution in [1.29, 1.82) is 0 Å². The number of carbonyl (C=O) groups is 1. The standard InChI is InChI=1S/C34H29F5N2O6S/c1-18-21(15-22-23(34(37,38)39)9-5-10-24(22)35)33-41(32(44)28(18)20-12-13-26-31(29(20)36)47-17-46-26)25(16-48(33)45)30(19-7-3-2-4-8-19)40-14-6-11-27(42)43/h2-5,7-10,12-13,25,30,40H,6,11,14-17H2,1H3,(H,42,43)/p-1. The number of nitrogens with one attached hydrogen (secondary N) is 1. The first-order valence-corrected chi connectivity index (χ1v) is 16.3. The SMILES string of the molecule is Cc1c(Cc2c(F)cccc2C(F)(F)F)c2n(c(=O)c1-c1ccc3c(c1F)OCO3)C(C(NCCCC(=O)[O-])c1ccccc1)CS2=O. The van der Waals surface area contributed by atoms with Crippen LogP contribution in [0.1, 0.15) is 52.7 Å². The highest BCUT2D eigenvalue weighted by Crippen LogP contribution is 2.44. The fraction of sp³-hybridized carbons (Fsp3) is 0.294. The summed E-state index contributed by atoms with van der Waals surface area (Å²) in [4.78, 5) is 25.6. The van der Waals surface area contributed by atoms with Crippen molar-refractivity contribution >= 4 is 16.8 Å². The number of aliphatic carboxylic acids is 1. The number of hydrogen-bond acceptors (Lipinski definition) is 7. The molecule has 6 rings (SSSR count). The summed E-state index contributed by atoms with van der Waals surface area (Å²) < 4.78 is 99.3. The average molecular weight is 688 g/mol. The van der Waals surface area contributed by atoms with Crippen molar-refractivity contribution in [1.82, 2.24) is 9.88 Å². The van der Waals surface area contributed by atoms with Crippen molar-refractivity contribution in [2.45, 2.75) is 49.5 Å². The van der Waals surface area contributed by atoms with Crippen LogP contribution in [0.15, 0.2) is 70.5 Å². The molecule has 0 amide bonds. The van der Waals surface area contributed by atoms with Crippen molar-refractivity contribution < 1.29 is 45.5 Å². The Morgan fingerprint density at radius 2 is 1.81 bits per heavy atom.